The quantitative estimate of drug-likeness (QED) is 0.630. The van der Waals surface area contributed by atoms with Gasteiger partial charge in [-0.15, -0.1) is 0 Å². The summed E-state index contributed by atoms with van der Waals surface area (Å²) in [4.78, 5) is 18.5. The monoisotopic (exact) mass is 368 g/mol. The molecule has 0 radical (unpaired) electrons. The highest BCUT2D eigenvalue weighted by Crippen LogP contribution is 2.27. The van der Waals surface area contributed by atoms with Gasteiger partial charge in [0.05, 0.1) is 6.54 Å². The van der Waals surface area contributed by atoms with Crippen molar-refractivity contribution in [1.82, 2.24) is 10.6 Å². The Labute approximate surface area is 159 Å². The molecule has 27 heavy (non-hydrogen) atoms. The van der Waals surface area contributed by atoms with E-state index in [2.05, 4.69) is 21.7 Å². The third kappa shape index (κ3) is 4.64. The number of hydrogen-bond acceptors (Lipinski definition) is 2. The van der Waals surface area contributed by atoms with Crippen molar-refractivity contribution in [1.29, 1.82) is 0 Å². The minimum absolute atomic E-state index is 0.0253. The fraction of sp³-hybridized carbons (Fsp3) is 0.333. The number of halogens is 1. The van der Waals surface area contributed by atoms with E-state index in [-0.39, 0.29) is 18.3 Å². The summed E-state index contributed by atoms with van der Waals surface area (Å²) in [5.74, 6) is 0.386. The normalized spacial score (nSPS) is 13.4. The third-order valence-electron chi connectivity index (χ3n) is 4.81. The van der Waals surface area contributed by atoms with E-state index < -0.39 is 0 Å². The maximum absolute atomic E-state index is 13.2. The second kappa shape index (κ2) is 8.66. The Morgan fingerprint density at radius 2 is 2.04 bits per heavy atom. The van der Waals surface area contributed by atoms with Crippen LogP contribution in [0, 0.1) is 12.7 Å². The van der Waals surface area contributed by atoms with Crippen molar-refractivity contribution >= 4 is 17.6 Å². The largest absolute Gasteiger partial charge is 0.356 e. The van der Waals surface area contributed by atoms with Gasteiger partial charge in [0.15, 0.2) is 5.96 Å². The third-order valence-corrected chi connectivity index (χ3v) is 4.81. The summed E-state index contributed by atoms with van der Waals surface area (Å²) in [6.45, 7) is 3.45. The van der Waals surface area contributed by atoms with Crippen molar-refractivity contribution < 1.29 is 9.18 Å². The average Bonchev–Trinajstić information content (AvgIpc) is 3.10. The van der Waals surface area contributed by atoms with E-state index >= 15 is 0 Å². The summed E-state index contributed by atoms with van der Waals surface area (Å²) in [5.41, 5.74) is 4.23. The van der Waals surface area contributed by atoms with Crippen LogP contribution in [0.4, 0.5) is 10.1 Å². The molecule has 0 aliphatic carbocycles. The molecule has 1 heterocycles. The second-order valence-corrected chi connectivity index (χ2v) is 6.60. The van der Waals surface area contributed by atoms with Crippen molar-refractivity contribution in [2.45, 2.75) is 19.8 Å². The lowest BCUT2D eigenvalue weighted by Crippen LogP contribution is -2.44. The molecule has 0 fully saturated rings. The predicted octanol–water partition coefficient (Wildman–Crippen LogP) is 2.43. The fourth-order valence-electron chi connectivity index (χ4n) is 3.33. The number of nitrogens with zero attached hydrogens (tertiary/aromatic N) is 2. The van der Waals surface area contributed by atoms with Crippen LogP contribution in [0.3, 0.4) is 0 Å². The highest BCUT2D eigenvalue weighted by atomic mass is 19.1. The molecule has 5 nitrogen and oxygen atoms in total. The molecule has 2 aromatic rings. The number of benzene rings is 2. The first-order valence-electron chi connectivity index (χ1n) is 9.16. The Balaban J connectivity index is 1.47. The summed E-state index contributed by atoms with van der Waals surface area (Å²) in [7, 11) is 1.67. The first-order chi connectivity index (χ1) is 13.1. The minimum Gasteiger partial charge on any atom is -0.356 e. The molecule has 1 aliphatic heterocycles. The molecule has 3 rings (SSSR count). The fourth-order valence-corrected chi connectivity index (χ4v) is 3.33. The van der Waals surface area contributed by atoms with Gasteiger partial charge in [0.2, 0.25) is 5.91 Å². The van der Waals surface area contributed by atoms with Gasteiger partial charge in [-0.05, 0) is 54.7 Å². The van der Waals surface area contributed by atoms with Crippen LogP contribution in [-0.2, 0) is 17.6 Å². The van der Waals surface area contributed by atoms with Gasteiger partial charge in [0.1, 0.15) is 5.82 Å². The van der Waals surface area contributed by atoms with Crippen LogP contribution in [-0.4, -0.2) is 38.5 Å². The molecular weight excluding hydrogens is 343 g/mol. The predicted molar refractivity (Wildman–Crippen MR) is 107 cm³/mol. The van der Waals surface area contributed by atoms with Crippen LogP contribution in [0.2, 0.25) is 0 Å². The number of carbonyl (C=O) groups is 1. The van der Waals surface area contributed by atoms with Crippen LogP contribution in [0.25, 0.3) is 0 Å². The standard InChI is InChI=1S/C21H25FN4O/c1-15-13-18(22)8-7-16(15)9-11-24-21(23-2)25-14-20(27)26-12-10-17-5-3-4-6-19(17)26/h3-8,13H,9-12,14H2,1-2H3,(H2,23,24,25). The number of aryl methyl sites for hydroxylation is 1. The molecule has 0 atom stereocenters. The van der Waals surface area contributed by atoms with Gasteiger partial charge in [0.25, 0.3) is 0 Å². The van der Waals surface area contributed by atoms with Crippen LogP contribution in [0.15, 0.2) is 47.5 Å². The first-order valence-corrected chi connectivity index (χ1v) is 9.16. The summed E-state index contributed by atoms with van der Waals surface area (Å²) >= 11 is 0. The van der Waals surface area contributed by atoms with Crippen molar-refractivity contribution in [2.24, 2.45) is 4.99 Å². The van der Waals surface area contributed by atoms with Gasteiger partial charge in [-0.3, -0.25) is 9.79 Å². The number of anilines is 1. The Morgan fingerprint density at radius 3 is 2.81 bits per heavy atom. The van der Waals surface area contributed by atoms with Gasteiger partial charge in [0, 0.05) is 25.8 Å². The van der Waals surface area contributed by atoms with Crippen molar-refractivity contribution in [3.63, 3.8) is 0 Å². The Bertz CT molecular complexity index is 850. The average molecular weight is 368 g/mol. The summed E-state index contributed by atoms with van der Waals surface area (Å²) in [6.07, 6.45) is 1.65. The van der Waals surface area contributed by atoms with Crippen LogP contribution >= 0.6 is 0 Å². The van der Waals surface area contributed by atoms with Crippen LogP contribution in [0.1, 0.15) is 16.7 Å². The lowest BCUT2D eigenvalue weighted by atomic mass is 10.1. The zero-order valence-corrected chi connectivity index (χ0v) is 15.8. The van der Waals surface area contributed by atoms with E-state index in [4.69, 9.17) is 0 Å². The number of para-hydroxylation sites is 1. The molecule has 0 bridgehead atoms. The van der Waals surface area contributed by atoms with Gasteiger partial charge in [-0.25, -0.2) is 4.39 Å². The molecule has 1 amide bonds. The van der Waals surface area contributed by atoms with Crippen molar-refractivity contribution in [3.8, 4) is 0 Å². The van der Waals surface area contributed by atoms with Gasteiger partial charge >= 0.3 is 0 Å². The summed E-state index contributed by atoms with van der Waals surface area (Å²) in [6, 6.07) is 12.8. The highest BCUT2D eigenvalue weighted by molar-refractivity contribution is 5.98. The van der Waals surface area contributed by atoms with Gasteiger partial charge in [-0.1, -0.05) is 24.3 Å². The number of amides is 1. The molecule has 2 N–H and O–H groups in total. The smallest absolute Gasteiger partial charge is 0.246 e. The molecule has 6 heteroatoms. The number of fused-ring (bicyclic) bond motifs is 1. The van der Waals surface area contributed by atoms with Crippen molar-refractivity contribution in [3.05, 3.63) is 65.0 Å². The molecule has 0 unspecified atom stereocenters. The number of rotatable bonds is 5. The molecular formula is C21H25FN4O. The number of nitrogens with one attached hydrogen (secondary N) is 2. The Hall–Kier alpha value is -2.89. The zero-order valence-electron chi connectivity index (χ0n) is 15.8. The zero-order chi connectivity index (χ0) is 19.2. The topological polar surface area (TPSA) is 56.7 Å². The minimum atomic E-state index is -0.219. The lowest BCUT2D eigenvalue weighted by Gasteiger charge is -2.19. The van der Waals surface area contributed by atoms with Gasteiger partial charge in [-0.2, -0.15) is 0 Å². The molecule has 0 aromatic heterocycles. The highest BCUT2D eigenvalue weighted by Gasteiger charge is 2.23. The van der Waals surface area contributed by atoms with Crippen LogP contribution in [0.5, 0.6) is 0 Å². The number of guanidine groups is 1. The van der Waals surface area contributed by atoms with Crippen molar-refractivity contribution in [2.75, 3.05) is 31.6 Å². The Morgan fingerprint density at radius 1 is 1.22 bits per heavy atom. The summed E-state index contributed by atoms with van der Waals surface area (Å²) in [5, 5.41) is 6.27. The maximum Gasteiger partial charge on any atom is 0.246 e. The lowest BCUT2D eigenvalue weighted by molar-refractivity contribution is -0.117. The summed E-state index contributed by atoms with van der Waals surface area (Å²) < 4.78 is 13.2. The molecule has 0 saturated carbocycles. The van der Waals surface area contributed by atoms with E-state index in [0.717, 1.165) is 36.2 Å². The molecule has 1 aliphatic rings. The maximum atomic E-state index is 13.2. The van der Waals surface area contributed by atoms with E-state index in [9.17, 15) is 9.18 Å². The number of aliphatic imine (C=N–C) groups is 1. The number of carbonyl (C=O) groups excluding carboxylic acids is 1. The second-order valence-electron chi connectivity index (χ2n) is 6.60. The van der Waals surface area contributed by atoms with E-state index in [1.165, 1.54) is 17.7 Å². The molecule has 0 spiro atoms. The molecule has 142 valence electrons. The molecule has 0 saturated heterocycles. The Kier molecular flexibility index (Phi) is 6.06. The van der Waals surface area contributed by atoms with E-state index in [1.54, 1.807) is 13.1 Å². The van der Waals surface area contributed by atoms with E-state index in [0.29, 0.717) is 12.5 Å². The number of hydrogen-bond donors (Lipinski definition) is 2. The van der Waals surface area contributed by atoms with Crippen LogP contribution < -0.4 is 15.5 Å². The SMILES string of the molecule is CN=C(NCCc1ccc(F)cc1C)NCC(=O)N1CCc2ccccc21. The first kappa shape index (κ1) is 18.9. The van der Waals surface area contributed by atoms with E-state index in [1.807, 2.05) is 30.0 Å². The molecule has 2 aromatic carbocycles. The van der Waals surface area contributed by atoms with Gasteiger partial charge < -0.3 is 15.5 Å².